The average Bonchev–Trinajstić information content (AvgIpc) is 3.03. The minimum atomic E-state index is -0.0236. The third kappa shape index (κ3) is 4.43. The van der Waals surface area contributed by atoms with Gasteiger partial charge >= 0.3 is 0 Å². The van der Waals surface area contributed by atoms with Crippen molar-refractivity contribution in [1.82, 2.24) is 20.1 Å². The Morgan fingerprint density at radius 3 is 3.10 bits per heavy atom. The highest BCUT2D eigenvalue weighted by Crippen LogP contribution is 2.12. The summed E-state index contributed by atoms with van der Waals surface area (Å²) < 4.78 is 1.71. The maximum Gasteiger partial charge on any atom is 0.226 e. The van der Waals surface area contributed by atoms with Gasteiger partial charge in [-0.15, -0.1) is 11.3 Å². The van der Waals surface area contributed by atoms with Crippen molar-refractivity contribution < 1.29 is 4.79 Å². The lowest BCUT2D eigenvalue weighted by Crippen LogP contribution is -2.24. The second-order valence-electron chi connectivity index (χ2n) is 4.60. The number of thiazole rings is 1. The summed E-state index contributed by atoms with van der Waals surface area (Å²) in [5, 5.41) is 9.91. The van der Waals surface area contributed by atoms with E-state index in [1.165, 1.54) is 0 Å². The topological polar surface area (TPSA) is 85.8 Å². The number of carbonyl (C=O) groups is 1. The zero-order chi connectivity index (χ0) is 14.4. The number of hydrogen-bond donors (Lipinski definition) is 2. The number of amides is 1. The Bertz CT molecular complexity index is 563. The summed E-state index contributed by atoms with van der Waals surface area (Å²) in [6.07, 6.45) is 5.76. The number of rotatable bonds is 7. The Kier molecular flexibility index (Phi) is 5.25. The molecule has 0 spiro atoms. The van der Waals surface area contributed by atoms with Gasteiger partial charge in [0, 0.05) is 37.2 Å². The normalized spacial score (nSPS) is 10.7. The summed E-state index contributed by atoms with van der Waals surface area (Å²) in [6, 6.07) is 0. The van der Waals surface area contributed by atoms with Gasteiger partial charge < -0.3 is 11.1 Å². The van der Waals surface area contributed by atoms with Crippen LogP contribution in [0.2, 0.25) is 0 Å². The number of hydrogen-bond acceptors (Lipinski definition) is 5. The fourth-order valence-electron chi connectivity index (χ4n) is 1.79. The lowest BCUT2D eigenvalue weighted by molar-refractivity contribution is -0.120. The quantitative estimate of drug-likeness (QED) is 0.784. The fourth-order valence-corrected chi connectivity index (χ4v) is 2.63. The number of aromatic nitrogens is 3. The number of nitrogens with zero attached hydrogens (tertiary/aromatic N) is 3. The highest BCUT2D eigenvalue weighted by Gasteiger charge is 2.08. The van der Waals surface area contributed by atoms with E-state index < -0.39 is 0 Å². The van der Waals surface area contributed by atoms with Crippen LogP contribution < -0.4 is 11.1 Å². The van der Waals surface area contributed by atoms with Gasteiger partial charge in [0.1, 0.15) is 0 Å². The molecule has 6 nitrogen and oxygen atoms in total. The number of nitrogens with one attached hydrogen (secondary N) is 1. The van der Waals surface area contributed by atoms with Gasteiger partial charge in [0.05, 0.1) is 23.3 Å². The number of nitrogens with two attached hydrogens (primary N) is 1. The van der Waals surface area contributed by atoms with Crippen LogP contribution in [-0.2, 0) is 31.2 Å². The van der Waals surface area contributed by atoms with E-state index in [1.54, 1.807) is 22.2 Å². The van der Waals surface area contributed by atoms with E-state index in [4.69, 9.17) is 5.73 Å². The van der Waals surface area contributed by atoms with Gasteiger partial charge in [-0.3, -0.25) is 9.48 Å². The van der Waals surface area contributed by atoms with Crippen LogP contribution >= 0.6 is 11.3 Å². The van der Waals surface area contributed by atoms with Crippen molar-refractivity contribution in [2.45, 2.75) is 25.8 Å². The summed E-state index contributed by atoms with van der Waals surface area (Å²) in [7, 11) is 1.85. The molecule has 0 saturated carbocycles. The van der Waals surface area contributed by atoms with Gasteiger partial charge in [-0.05, 0) is 13.0 Å². The molecule has 0 aliphatic heterocycles. The first kappa shape index (κ1) is 14.7. The first-order chi connectivity index (χ1) is 9.67. The SMILES string of the molecule is Cn1cc(CNC(=O)Cc2csc(CCCN)n2)cn1. The molecular weight excluding hydrogens is 274 g/mol. The summed E-state index contributed by atoms with van der Waals surface area (Å²) in [6.45, 7) is 1.16. The second-order valence-corrected chi connectivity index (χ2v) is 5.54. The van der Waals surface area contributed by atoms with Crippen molar-refractivity contribution in [3.8, 4) is 0 Å². The monoisotopic (exact) mass is 293 g/mol. The van der Waals surface area contributed by atoms with Gasteiger partial charge in [-0.2, -0.15) is 5.10 Å². The number of carbonyl (C=O) groups excluding carboxylic acids is 1. The van der Waals surface area contributed by atoms with E-state index >= 15 is 0 Å². The largest absolute Gasteiger partial charge is 0.352 e. The predicted octanol–water partition coefficient (Wildman–Crippen LogP) is 0.627. The molecule has 20 heavy (non-hydrogen) atoms. The van der Waals surface area contributed by atoms with Crippen LogP contribution in [0.4, 0.5) is 0 Å². The molecule has 3 N–H and O–H groups in total. The summed E-state index contributed by atoms with van der Waals surface area (Å²) in [4.78, 5) is 16.3. The molecule has 7 heteroatoms. The molecule has 0 fully saturated rings. The van der Waals surface area contributed by atoms with E-state index in [1.807, 2.05) is 18.6 Å². The first-order valence-corrected chi connectivity index (χ1v) is 7.43. The third-order valence-corrected chi connectivity index (χ3v) is 3.74. The summed E-state index contributed by atoms with van der Waals surface area (Å²) in [5.41, 5.74) is 7.28. The highest BCUT2D eigenvalue weighted by molar-refractivity contribution is 7.09. The van der Waals surface area contributed by atoms with E-state index in [0.717, 1.165) is 29.1 Å². The Labute approximate surface area is 122 Å². The van der Waals surface area contributed by atoms with Crippen LogP contribution in [0.5, 0.6) is 0 Å². The van der Waals surface area contributed by atoms with Gasteiger partial charge in [-0.25, -0.2) is 4.98 Å². The lowest BCUT2D eigenvalue weighted by atomic mass is 10.3. The van der Waals surface area contributed by atoms with E-state index in [0.29, 0.717) is 19.5 Å². The van der Waals surface area contributed by atoms with Crippen LogP contribution in [0, 0.1) is 0 Å². The van der Waals surface area contributed by atoms with Crippen molar-refractivity contribution >= 4 is 17.2 Å². The fraction of sp³-hybridized carbons (Fsp3) is 0.462. The highest BCUT2D eigenvalue weighted by atomic mass is 32.1. The minimum absolute atomic E-state index is 0.0236. The van der Waals surface area contributed by atoms with Gasteiger partial charge in [-0.1, -0.05) is 0 Å². The lowest BCUT2D eigenvalue weighted by Gasteiger charge is -2.01. The Morgan fingerprint density at radius 2 is 2.40 bits per heavy atom. The molecule has 0 aromatic carbocycles. The second kappa shape index (κ2) is 7.16. The van der Waals surface area contributed by atoms with Crippen molar-refractivity contribution in [2.24, 2.45) is 12.8 Å². The molecule has 0 radical (unpaired) electrons. The van der Waals surface area contributed by atoms with Crippen molar-refractivity contribution in [2.75, 3.05) is 6.54 Å². The van der Waals surface area contributed by atoms with Crippen molar-refractivity contribution in [3.05, 3.63) is 34.0 Å². The Hall–Kier alpha value is -1.73. The molecule has 1 amide bonds. The minimum Gasteiger partial charge on any atom is -0.352 e. The molecule has 2 heterocycles. The third-order valence-electron chi connectivity index (χ3n) is 2.78. The van der Waals surface area contributed by atoms with Crippen LogP contribution in [0.1, 0.15) is 22.7 Å². The maximum atomic E-state index is 11.8. The predicted molar refractivity (Wildman–Crippen MR) is 78.2 cm³/mol. The smallest absolute Gasteiger partial charge is 0.226 e. The van der Waals surface area contributed by atoms with Gasteiger partial charge in [0.15, 0.2) is 0 Å². The summed E-state index contributed by atoms with van der Waals surface area (Å²) in [5.74, 6) is -0.0236. The molecule has 0 unspecified atom stereocenters. The maximum absolute atomic E-state index is 11.8. The molecule has 0 saturated heterocycles. The first-order valence-electron chi connectivity index (χ1n) is 6.55. The van der Waals surface area contributed by atoms with Gasteiger partial charge in [0.25, 0.3) is 0 Å². The van der Waals surface area contributed by atoms with Crippen molar-refractivity contribution in [1.29, 1.82) is 0 Å². The van der Waals surface area contributed by atoms with E-state index in [-0.39, 0.29) is 5.91 Å². The van der Waals surface area contributed by atoms with Crippen LogP contribution in [0.25, 0.3) is 0 Å². The standard InChI is InChI=1S/C13H19N5OS/c1-18-8-10(7-16-18)6-15-12(19)5-11-9-20-13(17-11)3-2-4-14/h7-9H,2-6,14H2,1H3,(H,15,19). The van der Waals surface area contributed by atoms with E-state index in [2.05, 4.69) is 15.4 Å². The number of aryl methyl sites for hydroxylation is 2. The molecule has 0 atom stereocenters. The summed E-state index contributed by atoms with van der Waals surface area (Å²) >= 11 is 1.59. The molecular formula is C13H19N5OS. The van der Waals surface area contributed by atoms with Crippen LogP contribution in [0.15, 0.2) is 17.8 Å². The zero-order valence-corrected chi connectivity index (χ0v) is 12.3. The van der Waals surface area contributed by atoms with E-state index in [9.17, 15) is 4.79 Å². The Balaban J connectivity index is 1.77. The molecule has 0 aliphatic carbocycles. The van der Waals surface area contributed by atoms with Crippen LogP contribution in [0.3, 0.4) is 0 Å². The molecule has 2 rings (SSSR count). The molecule has 0 aliphatic rings. The Morgan fingerprint density at radius 1 is 1.55 bits per heavy atom. The average molecular weight is 293 g/mol. The molecule has 2 aromatic rings. The van der Waals surface area contributed by atoms with Crippen molar-refractivity contribution in [3.63, 3.8) is 0 Å². The molecule has 0 bridgehead atoms. The molecule has 2 aromatic heterocycles. The van der Waals surface area contributed by atoms with Gasteiger partial charge in [0.2, 0.25) is 5.91 Å². The zero-order valence-electron chi connectivity index (χ0n) is 11.5. The molecule has 108 valence electrons. The van der Waals surface area contributed by atoms with Crippen LogP contribution in [-0.4, -0.2) is 27.2 Å².